The topological polar surface area (TPSA) is 34.1 Å². The van der Waals surface area contributed by atoms with E-state index in [1.165, 1.54) is 0 Å². The summed E-state index contributed by atoms with van der Waals surface area (Å²) in [6.07, 6.45) is 1.98. The zero-order valence-electron chi connectivity index (χ0n) is 7.95. The normalized spacial score (nSPS) is 11.6. The van der Waals surface area contributed by atoms with Gasteiger partial charge in [-0.1, -0.05) is 6.07 Å². The summed E-state index contributed by atoms with van der Waals surface area (Å²) in [5.41, 5.74) is 1.72. The molecule has 0 heterocycles. The maximum atomic E-state index is 10.9. The van der Waals surface area contributed by atoms with Crippen molar-refractivity contribution in [2.24, 2.45) is 0 Å². The first-order valence-corrected chi connectivity index (χ1v) is 7.68. The van der Waals surface area contributed by atoms with E-state index in [1.54, 1.807) is 17.8 Å². The van der Waals surface area contributed by atoms with Crippen LogP contribution in [0.1, 0.15) is 11.1 Å². The molecule has 0 saturated carbocycles. The van der Waals surface area contributed by atoms with Crippen LogP contribution in [-0.2, 0) is 14.8 Å². The Labute approximate surface area is 93.1 Å². The van der Waals surface area contributed by atoms with Crippen LogP contribution in [-0.4, -0.2) is 14.7 Å². The fraction of sp³-hybridized carbons (Fsp3) is 0.333. The van der Waals surface area contributed by atoms with Crippen molar-refractivity contribution < 1.29 is 8.42 Å². The van der Waals surface area contributed by atoms with E-state index in [0.717, 1.165) is 16.0 Å². The molecule has 0 radical (unpaired) electrons. The highest BCUT2D eigenvalue weighted by Gasteiger charge is 2.09. The standard InChI is InChI=1S/C9H11ClO2S2/c1-7-5-9(13-2)4-3-8(7)6-14(10,11)12/h3-5H,6H2,1-2H3. The molecule has 0 fully saturated rings. The van der Waals surface area contributed by atoms with E-state index < -0.39 is 9.05 Å². The van der Waals surface area contributed by atoms with Crippen LogP contribution in [0.25, 0.3) is 0 Å². The SMILES string of the molecule is CSc1ccc(CS(=O)(=O)Cl)c(C)c1. The van der Waals surface area contributed by atoms with E-state index in [4.69, 9.17) is 10.7 Å². The third-order valence-corrected chi connectivity index (χ3v) is 3.59. The molecule has 0 N–H and O–H groups in total. The fourth-order valence-electron chi connectivity index (χ4n) is 1.14. The molecule has 2 nitrogen and oxygen atoms in total. The molecule has 1 aromatic carbocycles. The Morgan fingerprint density at radius 1 is 1.43 bits per heavy atom. The summed E-state index contributed by atoms with van der Waals surface area (Å²) in [6, 6.07) is 5.66. The summed E-state index contributed by atoms with van der Waals surface area (Å²) in [4.78, 5) is 1.12. The first-order valence-electron chi connectivity index (χ1n) is 3.98. The lowest BCUT2D eigenvalue weighted by Crippen LogP contribution is -1.97. The molecule has 0 aliphatic heterocycles. The van der Waals surface area contributed by atoms with Crippen LogP contribution in [0, 0.1) is 6.92 Å². The Morgan fingerprint density at radius 3 is 2.50 bits per heavy atom. The molecular formula is C9H11ClO2S2. The lowest BCUT2D eigenvalue weighted by atomic mass is 10.1. The van der Waals surface area contributed by atoms with Crippen LogP contribution in [0.2, 0.25) is 0 Å². The molecule has 14 heavy (non-hydrogen) atoms. The highest BCUT2D eigenvalue weighted by molar-refractivity contribution is 8.13. The van der Waals surface area contributed by atoms with Crippen LogP contribution < -0.4 is 0 Å². The number of halogens is 1. The van der Waals surface area contributed by atoms with Crippen molar-refractivity contribution in [3.05, 3.63) is 29.3 Å². The van der Waals surface area contributed by atoms with Crippen LogP contribution in [0.5, 0.6) is 0 Å². The number of hydrogen-bond acceptors (Lipinski definition) is 3. The summed E-state index contributed by atoms with van der Waals surface area (Å²) in [5.74, 6) is -0.102. The summed E-state index contributed by atoms with van der Waals surface area (Å²) < 4.78 is 21.7. The molecule has 0 aliphatic rings. The molecule has 1 rings (SSSR count). The van der Waals surface area contributed by atoms with E-state index >= 15 is 0 Å². The third-order valence-electron chi connectivity index (χ3n) is 1.88. The number of thioether (sulfide) groups is 1. The van der Waals surface area contributed by atoms with Crippen molar-refractivity contribution in [2.45, 2.75) is 17.6 Å². The summed E-state index contributed by atoms with van der Waals surface area (Å²) in [7, 11) is 1.73. The minimum atomic E-state index is -3.45. The van der Waals surface area contributed by atoms with E-state index in [9.17, 15) is 8.42 Å². The van der Waals surface area contributed by atoms with Gasteiger partial charge >= 0.3 is 0 Å². The van der Waals surface area contributed by atoms with Gasteiger partial charge in [0, 0.05) is 15.6 Å². The second kappa shape index (κ2) is 4.55. The van der Waals surface area contributed by atoms with E-state index in [0.29, 0.717) is 0 Å². The Kier molecular flexibility index (Phi) is 3.86. The van der Waals surface area contributed by atoms with Crippen molar-refractivity contribution in [3.8, 4) is 0 Å². The van der Waals surface area contributed by atoms with E-state index in [-0.39, 0.29) is 5.75 Å². The summed E-state index contributed by atoms with van der Waals surface area (Å²) >= 11 is 1.63. The monoisotopic (exact) mass is 250 g/mol. The maximum absolute atomic E-state index is 10.9. The van der Waals surface area contributed by atoms with Crippen molar-refractivity contribution >= 4 is 31.5 Å². The minimum absolute atomic E-state index is 0.102. The van der Waals surface area contributed by atoms with Crippen LogP contribution in [0.4, 0.5) is 0 Å². The van der Waals surface area contributed by atoms with Crippen molar-refractivity contribution in [3.63, 3.8) is 0 Å². The number of aryl methyl sites for hydroxylation is 1. The highest BCUT2D eigenvalue weighted by atomic mass is 35.7. The molecule has 1 aromatic rings. The molecule has 5 heteroatoms. The van der Waals surface area contributed by atoms with Gasteiger partial charge in [0.25, 0.3) is 0 Å². The molecule has 0 amide bonds. The highest BCUT2D eigenvalue weighted by Crippen LogP contribution is 2.21. The zero-order valence-corrected chi connectivity index (χ0v) is 10.3. The minimum Gasteiger partial charge on any atom is -0.212 e. The predicted octanol–water partition coefficient (Wildman–Crippen LogP) is 2.79. The average molecular weight is 251 g/mol. The van der Waals surface area contributed by atoms with Crippen molar-refractivity contribution in [1.82, 2.24) is 0 Å². The smallest absolute Gasteiger partial charge is 0.212 e. The van der Waals surface area contributed by atoms with Gasteiger partial charge in [-0.05, 0) is 36.4 Å². The van der Waals surface area contributed by atoms with Gasteiger partial charge in [0.2, 0.25) is 9.05 Å². The average Bonchev–Trinajstić information content (AvgIpc) is 2.06. The Morgan fingerprint density at radius 2 is 2.07 bits per heavy atom. The third kappa shape index (κ3) is 3.52. The zero-order chi connectivity index (χ0) is 10.8. The lowest BCUT2D eigenvalue weighted by Gasteiger charge is -2.05. The second-order valence-electron chi connectivity index (χ2n) is 2.98. The van der Waals surface area contributed by atoms with Crippen LogP contribution >= 0.6 is 22.4 Å². The molecule has 0 bridgehead atoms. The van der Waals surface area contributed by atoms with Crippen molar-refractivity contribution in [1.29, 1.82) is 0 Å². The molecule has 0 unspecified atom stereocenters. The van der Waals surface area contributed by atoms with E-state index in [2.05, 4.69) is 0 Å². The van der Waals surface area contributed by atoms with Crippen molar-refractivity contribution in [2.75, 3.05) is 6.26 Å². The first kappa shape index (κ1) is 11.9. The number of rotatable bonds is 3. The van der Waals surface area contributed by atoms with Gasteiger partial charge in [0.05, 0.1) is 5.75 Å². The maximum Gasteiger partial charge on any atom is 0.236 e. The molecule has 0 atom stereocenters. The Balaban J connectivity index is 3.01. The molecular weight excluding hydrogens is 240 g/mol. The molecule has 78 valence electrons. The van der Waals surface area contributed by atoms with Gasteiger partial charge < -0.3 is 0 Å². The second-order valence-corrected chi connectivity index (χ2v) is 6.63. The van der Waals surface area contributed by atoms with E-state index in [1.807, 2.05) is 25.3 Å². The molecule has 0 saturated heterocycles. The van der Waals surface area contributed by atoms with Gasteiger partial charge in [-0.3, -0.25) is 0 Å². The lowest BCUT2D eigenvalue weighted by molar-refractivity contribution is 0.608. The molecule has 0 aliphatic carbocycles. The van der Waals surface area contributed by atoms with Crippen LogP contribution in [0.3, 0.4) is 0 Å². The number of benzene rings is 1. The van der Waals surface area contributed by atoms with Gasteiger partial charge in [-0.15, -0.1) is 11.8 Å². The van der Waals surface area contributed by atoms with Gasteiger partial charge in [-0.2, -0.15) is 0 Å². The summed E-state index contributed by atoms with van der Waals surface area (Å²) in [6.45, 7) is 1.89. The van der Waals surface area contributed by atoms with Crippen LogP contribution in [0.15, 0.2) is 23.1 Å². The fourth-order valence-corrected chi connectivity index (χ4v) is 2.69. The Hall–Kier alpha value is -0.190. The number of hydrogen-bond donors (Lipinski definition) is 0. The summed E-state index contributed by atoms with van der Waals surface area (Å²) in [5, 5.41) is 0. The Bertz CT molecular complexity index is 426. The van der Waals surface area contributed by atoms with Gasteiger partial charge in [0.1, 0.15) is 0 Å². The molecule has 0 spiro atoms. The molecule has 0 aromatic heterocycles. The van der Waals surface area contributed by atoms with Gasteiger partial charge in [0.15, 0.2) is 0 Å². The van der Waals surface area contributed by atoms with Gasteiger partial charge in [-0.25, -0.2) is 8.42 Å². The predicted molar refractivity (Wildman–Crippen MR) is 61.4 cm³/mol. The first-order chi connectivity index (χ1) is 6.42. The largest absolute Gasteiger partial charge is 0.236 e. The quantitative estimate of drug-likeness (QED) is 0.611.